The first-order valence-corrected chi connectivity index (χ1v) is 8.89. The second-order valence-electron chi connectivity index (χ2n) is 5.92. The second-order valence-corrected chi connectivity index (χ2v) is 7.39. The number of hydrogen-bond donors (Lipinski definition) is 1. The molecule has 2 rings (SSSR count). The molecule has 0 aliphatic carbocycles. The molecule has 1 aromatic carbocycles. The zero-order valence-electron chi connectivity index (χ0n) is 12.8. The fourth-order valence-electron chi connectivity index (χ4n) is 2.46. The van der Waals surface area contributed by atoms with E-state index in [-0.39, 0.29) is 0 Å². The van der Waals surface area contributed by atoms with Crippen molar-refractivity contribution in [2.75, 3.05) is 13.1 Å². The summed E-state index contributed by atoms with van der Waals surface area (Å²) in [5, 5.41) is 6.58. The van der Waals surface area contributed by atoms with E-state index >= 15 is 0 Å². The van der Waals surface area contributed by atoms with Gasteiger partial charge in [-0.05, 0) is 60.4 Å². The van der Waals surface area contributed by atoms with Crippen LogP contribution in [-0.2, 0) is 6.42 Å². The van der Waals surface area contributed by atoms with Crippen molar-refractivity contribution >= 4 is 22.9 Å². The molecule has 0 saturated heterocycles. The highest BCUT2D eigenvalue weighted by molar-refractivity contribution is 7.09. The van der Waals surface area contributed by atoms with Gasteiger partial charge in [0.25, 0.3) is 0 Å². The molecular formula is C18H24ClNS. The van der Waals surface area contributed by atoms with Crippen molar-refractivity contribution in [2.45, 2.75) is 32.6 Å². The summed E-state index contributed by atoms with van der Waals surface area (Å²) in [5.74, 6) is 1.20. The van der Waals surface area contributed by atoms with Gasteiger partial charge in [-0.3, -0.25) is 0 Å². The maximum atomic E-state index is 6.15. The third kappa shape index (κ3) is 5.82. The van der Waals surface area contributed by atoms with Gasteiger partial charge >= 0.3 is 0 Å². The Morgan fingerprint density at radius 3 is 2.67 bits per heavy atom. The van der Waals surface area contributed by atoms with Crippen molar-refractivity contribution in [1.82, 2.24) is 5.32 Å². The molecule has 0 radical (unpaired) electrons. The van der Waals surface area contributed by atoms with Crippen LogP contribution in [0.1, 0.15) is 36.6 Å². The molecule has 1 N–H and O–H groups in total. The van der Waals surface area contributed by atoms with Crippen LogP contribution in [0.3, 0.4) is 0 Å². The minimum absolute atomic E-state index is 0.518. The van der Waals surface area contributed by atoms with Crippen LogP contribution < -0.4 is 5.32 Å². The Balaban J connectivity index is 1.98. The predicted molar refractivity (Wildman–Crippen MR) is 94.5 cm³/mol. The first-order valence-electron chi connectivity index (χ1n) is 7.63. The van der Waals surface area contributed by atoms with Crippen LogP contribution in [0.2, 0.25) is 5.02 Å². The maximum absolute atomic E-state index is 6.15. The Kier molecular flexibility index (Phi) is 6.75. The highest BCUT2D eigenvalue weighted by Gasteiger charge is 2.12. The van der Waals surface area contributed by atoms with E-state index in [1.54, 1.807) is 0 Å². The van der Waals surface area contributed by atoms with E-state index in [1.165, 1.54) is 10.4 Å². The van der Waals surface area contributed by atoms with Gasteiger partial charge in [-0.2, -0.15) is 0 Å². The number of aryl methyl sites for hydroxylation is 1. The number of halogens is 1. The van der Waals surface area contributed by atoms with Crippen LogP contribution in [0.25, 0.3) is 0 Å². The molecule has 0 fully saturated rings. The van der Waals surface area contributed by atoms with E-state index < -0.39 is 0 Å². The van der Waals surface area contributed by atoms with E-state index in [2.05, 4.69) is 54.9 Å². The molecule has 2 aromatic rings. The normalized spacial score (nSPS) is 12.8. The van der Waals surface area contributed by atoms with Crippen molar-refractivity contribution in [1.29, 1.82) is 0 Å². The Hall–Kier alpha value is -0.830. The summed E-state index contributed by atoms with van der Waals surface area (Å²) in [7, 11) is 0. The molecule has 0 bridgehead atoms. The third-order valence-corrected chi connectivity index (χ3v) is 4.75. The van der Waals surface area contributed by atoms with E-state index in [0.717, 1.165) is 31.0 Å². The monoisotopic (exact) mass is 321 g/mol. The summed E-state index contributed by atoms with van der Waals surface area (Å²) in [6.07, 6.45) is 2.30. The molecule has 114 valence electrons. The molecular weight excluding hydrogens is 298 g/mol. The molecule has 1 unspecified atom stereocenters. The zero-order valence-corrected chi connectivity index (χ0v) is 14.4. The predicted octanol–water partition coefficient (Wildman–Crippen LogP) is 5.36. The smallest absolute Gasteiger partial charge is 0.0408 e. The highest BCUT2D eigenvalue weighted by Crippen LogP contribution is 2.25. The molecule has 1 heterocycles. The lowest BCUT2D eigenvalue weighted by atomic mass is 9.93. The van der Waals surface area contributed by atoms with Crippen molar-refractivity contribution in [3.63, 3.8) is 0 Å². The van der Waals surface area contributed by atoms with Crippen LogP contribution in [0, 0.1) is 5.92 Å². The van der Waals surface area contributed by atoms with Crippen LogP contribution in [0.15, 0.2) is 41.8 Å². The molecule has 3 heteroatoms. The van der Waals surface area contributed by atoms with Gasteiger partial charge in [0.15, 0.2) is 0 Å². The fraction of sp³-hybridized carbons (Fsp3) is 0.444. The Bertz CT molecular complexity index is 522. The standard InChI is InChI=1S/C18H24ClNS/c1-14(2)12-20-13-16(8-9-18-7-4-10-21-18)15-5-3-6-17(19)11-15/h3-7,10-11,14,16,20H,8-9,12-13H2,1-2H3. The average Bonchev–Trinajstić information content (AvgIpc) is 2.95. The highest BCUT2D eigenvalue weighted by atomic mass is 35.5. The molecule has 1 nitrogen and oxygen atoms in total. The van der Waals surface area contributed by atoms with Crippen LogP contribution in [0.4, 0.5) is 0 Å². The number of nitrogens with one attached hydrogen (secondary N) is 1. The van der Waals surface area contributed by atoms with Crippen LogP contribution in [0.5, 0.6) is 0 Å². The van der Waals surface area contributed by atoms with Gasteiger partial charge in [0, 0.05) is 16.4 Å². The summed E-state index contributed by atoms with van der Waals surface area (Å²) in [6.45, 7) is 6.57. The van der Waals surface area contributed by atoms with Gasteiger partial charge in [-0.25, -0.2) is 0 Å². The van der Waals surface area contributed by atoms with Gasteiger partial charge in [0.2, 0.25) is 0 Å². The number of rotatable bonds is 8. The first-order chi connectivity index (χ1) is 10.1. The minimum atomic E-state index is 0.518. The quantitative estimate of drug-likeness (QED) is 0.689. The van der Waals surface area contributed by atoms with Crippen LogP contribution >= 0.6 is 22.9 Å². The lowest BCUT2D eigenvalue weighted by molar-refractivity contribution is 0.501. The SMILES string of the molecule is CC(C)CNCC(CCc1cccs1)c1cccc(Cl)c1. The third-order valence-electron chi connectivity index (χ3n) is 3.58. The topological polar surface area (TPSA) is 12.0 Å². The zero-order chi connectivity index (χ0) is 15.1. The summed E-state index contributed by atoms with van der Waals surface area (Å²) < 4.78 is 0. The first kappa shape index (κ1) is 16.5. The summed E-state index contributed by atoms with van der Waals surface area (Å²) in [4.78, 5) is 1.46. The summed E-state index contributed by atoms with van der Waals surface area (Å²) in [5.41, 5.74) is 1.34. The minimum Gasteiger partial charge on any atom is -0.316 e. The molecule has 21 heavy (non-hydrogen) atoms. The maximum Gasteiger partial charge on any atom is 0.0408 e. The summed E-state index contributed by atoms with van der Waals surface area (Å²) >= 11 is 8.00. The fourth-order valence-corrected chi connectivity index (χ4v) is 3.39. The van der Waals surface area contributed by atoms with Gasteiger partial charge in [0.1, 0.15) is 0 Å². The molecule has 0 spiro atoms. The molecule has 1 atom stereocenters. The van der Waals surface area contributed by atoms with E-state index in [0.29, 0.717) is 11.8 Å². The molecule has 0 saturated carbocycles. The number of thiophene rings is 1. The van der Waals surface area contributed by atoms with Crippen molar-refractivity contribution < 1.29 is 0 Å². The van der Waals surface area contributed by atoms with Gasteiger partial charge in [-0.15, -0.1) is 11.3 Å². The second kappa shape index (κ2) is 8.57. The number of hydrogen-bond acceptors (Lipinski definition) is 2. The molecule has 1 aromatic heterocycles. The van der Waals surface area contributed by atoms with Crippen molar-refractivity contribution in [3.8, 4) is 0 Å². The van der Waals surface area contributed by atoms with Crippen molar-refractivity contribution in [2.24, 2.45) is 5.92 Å². The molecule has 0 aliphatic rings. The van der Waals surface area contributed by atoms with Gasteiger partial charge < -0.3 is 5.32 Å². The van der Waals surface area contributed by atoms with Gasteiger partial charge in [-0.1, -0.05) is 43.6 Å². The lowest BCUT2D eigenvalue weighted by Crippen LogP contribution is -2.25. The molecule has 0 aliphatic heterocycles. The Morgan fingerprint density at radius 1 is 1.14 bits per heavy atom. The van der Waals surface area contributed by atoms with Crippen molar-refractivity contribution in [3.05, 3.63) is 57.2 Å². The van der Waals surface area contributed by atoms with E-state index in [9.17, 15) is 0 Å². The van der Waals surface area contributed by atoms with Crippen LogP contribution in [-0.4, -0.2) is 13.1 Å². The van der Waals surface area contributed by atoms with Gasteiger partial charge in [0.05, 0.1) is 0 Å². The Morgan fingerprint density at radius 2 is 2.00 bits per heavy atom. The van der Waals surface area contributed by atoms with E-state index in [4.69, 9.17) is 11.6 Å². The summed E-state index contributed by atoms with van der Waals surface area (Å²) in [6, 6.07) is 12.7. The molecule has 0 amide bonds. The van der Waals surface area contributed by atoms with E-state index in [1.807, 2.05) is 17.4 Å². The average molecular weight is 322 g/mol. The lowest BCUT2D eigenvalue weighted by Gasteiger charge is -2.19. The number of benzene rings is 1. The largest absolute Gasteiger partial charge is 0.316 e. The Labute approximate surface area is 137 Å².